The normalized spacial score (nSPS) is 12.5. The Bertz CT molecular complexity index is 1740. The highest BCUT2D eigenvalue weighted by molar-refractivity contribution is 5.49. The zero-order valence-corrected chi connectivity index (χ0v) is 47.0. The molecule has 0 spiro atoms. The fourth-order valence-corrected chi connectivity index (χ4v) is 11.6. The van der Waals surface area contributed by atoms with Gasteiger partial charge < -0.3 is 11.5 Å². The van der Waals surface area contributed by atoms with Gasteiger partial charge in [0.15, 0.2) is 0 Å². The van der Waals surface area contributed by atoms with Crippen LogP contribution >= 0.6 is 0 Å². The Hall–Kier alpha value is -3.52. The predicted molar refractivity (Wildman–Crippen MR) is 317 cm³/mol. The monoisotopic (exact) mass is 967 g/mol. The minimum atomic E-state index is 0.465. The summed E-state index contributed by atoms with van der Waals surface area (Å²) in [5, 5.41) is 0. The van der Waals surface area contributed by atoms with E-state index >= 15 is 0 Å². The van der Waals surface area contributed by atoms with Crippen molar-refractivity contribution in [2.24, 2.45) is 0 Å². The summed E-state index contributed by atoms with van der Waals surface area (Å²) in [7, 11) is 0. The predicted octanol–water partition coefficient (Wildman–Crippen LogP) is 22.0. The van der Waals surface area contributed by atoms with Crippen molar-refractivity contribution < 1.29 is 0 Å². The summed E-state index contributed by atoms with van der Waals surface area (Å²) in [6.07, 6.45) is 53.6. The maximum Gasteiger partial charge on any atom is 0.0316 e. The number of hydrogen-bond acceptors (Lipinski definition) is 2. The highest BCUT2D eigenvalue weighted by Crippen LogP contribution is 2.35. The van der Waals surface area contributed by atoms with Gasteiger partial charge in [-0.15, -0.1) is 0 Å². The number of unbranched alkanes of at least 4 members (excludes halogenated alkanes) is 32. The number of nitrogen functional groups attached to an aromatic ring is 2. The summed E-state index contributed by atoms with van der Waals surface area (Å²) < 4.78 is 0. The molecule has 0 amide bonds. The Morgan fingerprint density at radius 1 is 0.296 bits per heavy atom. The van der Waals surface area contributed by atoms with Crippen molar-refractivity contribution in [1.82, 2.24) is 0 Å². The van der Waals surface area contributed by atoms with E-state index in [-0.39, 0.29) is 0 Å². The van der Waals surface area contributed by atoms with Crippen molar-refractivity contribution in [3.63, 3.8) is 0 Å². The zero-order chi connectivity index (χ0) is 50.4. The van der Waals surface area contributed by atoms with Gasteiger partial charge in [-0.2, -0.15) is 0 Å². The molecule has 2 heteroatoms. The van der Waals surface area contributed by atoms with E-state index in [1.165, 1.54) is 295 Å². The molecular weight excluding hydrogens is 857 g/mol. The van der Waals surface area contributed by atoms with Gasteiger partial charge in [0.1, 0.15) is 0 Å². The molecule has 0 radical (unpaired) electrons. The van der Waals surface area contributed by atoms with E-state index < -0.39 is 0 Å². The van der Waals surface area contributed by atoms with Crippen molar-refractivity contribution in [3.05, 3.63) is 129 Å². The van der Waals surface area contributed by atoms with Gasteiger partial charge in [0, 0.05) is 23.2 Å². The Kier molecular flexibility index (Phi) is 33.0. The van der Waals surface area contributed by atoms with E-state index in [0.717, 1.165) is 11.4 Å². The molecule has 0 fully saturated rings. The number of anilines is 2. The molecule has 0 heterocycles. The van der Waals surface area contributed by atoms with Crippen LogP contribution in [0.1, 0.15) is 308 Å². The van der Waals surface area contributed by atoms with E-state index in [1.807, 2.05) is 0 Å². The molecule has 4 aromatic rings. The molecule has 2 unspecified atom stereocenters. The van der Waals surface area contributed by atoms with Gasteiger partial charge in [-0.3, -0.25) is 0 Å². The Balaban J connectivity index is 0.970. The number of benzene rings is 4. The molecule has 71 heavy (non-hydrogen) atoms. The molecule has 396 valence electrons. The van der Waals surface area contributed by atoms with E-state index in [4.69, 9.17) is 11.5 Å². The fraction of sp³-hybridized carbons (Fsp3) is 0.652. The largest absolute Gasteiger partial charge is 0.399 e. The molecule has 4 rings (SSSR count). The van der Waals surface area contributed by atoms with Gasteiger partial charge in [-0.05, 0) is 121 Å². The van der Waals surface area contributed by atoms with E-state index in [2.05, 4.69) is 113 Å². The molecule has 0 aliphatic rings. The first-order chi connectivity index (χ1) is 34.9. The quantitative estimate of drug-likeness (QED) is 0.0343. The highest BCUT2D eigenvalue weighted by Gasteiger charge is 2.18. The average Bonchev–Trinajstić information content (AvgIpc) is 3.37. The number of rotatable bonds is 44. The SMILES string of the molecule is CCCCCCCCCCCC(c1ccc(CCCCCCCCCCCCCCCCCCCc2ccc(C(CCCCCCCCCCC)c3ccc(N)cc3C)cc2)cc1)c1ccc(N)cc1C. The molecule has 0 aliphatic carbocycles. The summed E-state index contributed by atoms with van der Waals surface area (Å²) >= 11 is 0. The first-order valence-electron chi connectivity index (χ1n) is 30.8. The molecule has 0 aromatic heterocycles. The number of nitrogens with two attached hydrogens (primary N) is 2. The highest BCUT2D eigenvalue weighted by atomic mass is 14.5. The molecule has 0 saturated carbocycles. The van der Waals surface area contributed by atoms with Crippen LogP contribution in [0.5, 0.6) is 0 Å². The van der Waals surface area contributed by atoms with E-state index in [9.17, 15) is 0 Å². The van der Waals surface area contributed by atoms with Crippen molar-refractivity contribution in [3.8, 4) is 0 Å². The third-order valence-corrected chi connectivity index (χ3v) is 16.2. The summed E-state index contributed by atoms with van der Waals surface area (Å²) in [6.45, 7) is 9.09. The van der Waals surface area contributed by atoms with Gasteiger partial charge in [-0.25, -0.2) is 0 Å². The molecule has 2 atom stereocenters. The second-order valence-corrected chi connectivity index (χ2v) is 22.6. The molecule has 2 nitrogen and oxygen atoms in total. The van der Waals surface area contributed by atoms with Gasteiger partial charge in [-0.1, -0.05) is 286 Å². The lowest BCUT2D eigenvalue weighted by molar-refractivity contribution is 0.525. The van der Waals surface area contributed by atoms with Gasteiger partial charge in [0.25, 0.3) is 0 Å². The Morgan fingerprint density at radius 2 is 0.549 bits per heavy atom. The molecular formula is C69H110N2. The van der Waals surface area contributed by atoms with Gasteiger partial charge in [0.2, 0.25) is 0 Å². The topological polar surface area (TPSA) is 52.0 Å². The summed E-state index contributed by atoms with van der Waals surface area (Å²) in [5.41, 5.74) is 25.6. The van der Waals surface area contributed by atoms with Gasteiger partial charge >= 0.3 is 0 Å². The zero-order valence-electron chi connectivity index (χ0n) is 47.0. The summed E-state index contributed by atoms with van der Waals surface area (Å²) in [4.78, 5) is 0. The number of aryl methyl sites for hydroxylation is 4. The molecule has 0 saturated heterocycles. The molecule has 0 bridgehead atoms. The van der Waals surface area contributed by atoms with Crippen molar-refractivity contribution >= 4 is 11.4 Å². The van der Waals surface area contributed by atoms with E-state index in [1.54, 1.807) is 0 Å². The van der Waals surface area contributed by atoms with Crippen molar-refractivity contribution in [2.45, 2.75) is 290 Å². The van der Waals surface area contributed by atoms with Crippen LogP contribution in [0.4, 0.5) is 11.4 Å². The van der Waals surface area contributed by atoms with Crippen LogP contribution in [0, 0.1) is 13.8 Å². The lowest BCUT2D eigenvalue weighted by Crippen LogP contribution is -2.05. The third kappa shape index (κ3) is 26.3. The molecule has 0 aliphatic heterocycles. The van der Waals surface area contributed by atoms with Crippen LogP contribution < -0.4 is 11.5 Å². The maximum atomic E-state index is 6.16. The van der Waals surface area contributed by atoms with Crippen LogP contribution in [0.25, 0.3) is 0 Å². The first-order valence-corrected chi connectivity index (χ1v) is 30.8. The lowest BCUT2D eigenvalue weighted by atomic mass is 9.84. The van der Waals surface area contributed by atoms with E-state index in [0.29, 0.717) is 11.8 Å². The van der Waals surface area contributed by atoms with Gasteiger partial charge in [0.05, 0.1) is 0 Å². The van der Waals surface area contributed by atoms with Crippen LogP contribution in [0.2, 0.25) is 0 Å². The Morgan fingerprint density at radius 3 is 0.817 bits per heavy atom. The summed E-state index contributed by atoms with van der Waals surface area (Å²) in [5.74, 6) is 0.929. The lowest BCUT2D eigenvalue weighted by Gasteiger charge is -2.21. The minimum absolute atomic E-state index is 0.465. The second-order valence-electron chi connectivity index (χ2n) is 22.6. The van der Waals surface area contributed by atoms with Crippen molar-refractivity contribution in [1.29, 1.82) is 0 Å². The second kappa shape index (κ2) is 39.0. The van der Waals surface area contributed by atoms with Crippen LogP contribution in [0.3, 0.4) is 0 Å². The van der Waals surface area contributed by atoms with Crippen LogP contribution in [-0.4, -0.2) is 0 Å². The van der Waals surface area contributed by atoms with Crippen LogP contribution in [-0.2, 0) is 12.8 Å². The maximum absolute atomic E-state index is 6.16. The van der Waals surface area contributed by atoms with Crippen LogP contribution in [0.15, 0.2) is 84.9 Å². The average molecular weight is 968 g/mol. The number of hydrogen-bond donors (Lipinski definition) is 2. The fourth-order valence-electron chi connectivity index (χ4n) is 11.6. The molecule has 4 aromatic carbocycles. The molecule has 4 N–H and O–H groups in total. The first kappa shape index (κ1) is 60.0. The minimum Gasteiger partial charge on any atom is -0.399 e. The summed E-state index contributed by atoms with van der Waals surface area (Å²) in [6, 6.07) is 32.5. The Labute approximate surface area is 440 Å². The smallest absolute Gasteiger partial charge is 0.0316 e. The van der Waals surface area contributed by atoms with Crippen molar-refractivity contribution in [2.75, 3.05) is 11.5 Å². The third-order valence-electron chi connectivity index (χ3n) is 16.2. The standard InChI is InChI=1S/C69H110N2/c1-5-7-9-11-13-24-30-34-38-42-68(66-54-52-64(70)56-58(66)3)62-48-44-60(45-49-62)40-36-32-28-26-22-20-18-16-15-17-19-21-23-27-29-33-37-41-61-46-50-63(51-47-61)69(67-55-53-65(71)57-59(67)4)43-39-35-31-25-14-12-10-8-6-2/h44-57,68-69H,5-43,70-71H2,1-4H3.